The summed E-state index contributed by atoms with van der Waals surface area (Å²) in [6.45, 7) is 9.11. The zero-order valence-corrected chi connectivity index (χ0v) is 18.8. The molecule has 0 saturated carbocycles. The SMILES string of the molecule is CCCCn1c(N)c(N(C)C(=O)/C(C#N)=C/c2cc(C)n(CCC)c2C)c(=O)[nH]c1=O. The van der Waals surface area contributed by atoms with E-state index in [1.807, 2.05) is 32.9 Å². The van der Waals surface area contributed by atoms with Crippen LogP contribution in [0.15, 0.2) is 21.2 Å². The maximum Gasteiger partial charge on any atom is 0.330 e. The highest BCUT2D eigenvalue weighted by Gasteiger charge is 2.24. The largest absolute Gasteiger partial charge is 0.383 e. The number of amides is 1. The van der Waals surface area contributed by atoms with Crippen molar-refractivity contribution in [1.29, 1.82) is 5.26 Å². The van der Waals surface area contributed by atoms with Gasteiger partial charge in [-0.3, -0.25) is 19.1 Å². The fourth-order valence-electron chi connectivity index (χ4n) is 3.56. The molecule has 0 bridgehead atoms. The van der Waals surface area contributed by atoms with Crippen LogP contribution in [0.5, 0.6) is 0 Å². The third kappa shape index (κ3) is 4.79. The van der Waals surface area contributed by atoms with Crippen LogP contribution in [0.3, 0.4) is 0 Å². The maximum absolute atomic E-state index is 13.1. The number of nitrogens with zero attached hydrogens (tertiary/aromatic N) is 4. The molecule has 0 aliphatic rings. The van der Waals surface area contributed by atoms with E-state index in [1.54, 1.807) is 0 Å². The van der Waals surface area contributed by atoms with Crippen LogP contribution in [-0.4, -0.2) is 27.1 Å². The summed E-state index contributed by atoms with van der Waals surface area (Å²) < 4.78 is 3.36. The second-order valence-corrected chi connectivity index (χ2v) is 7.51. The molecule has 0 spiro atoms. The monoisotopic (exact) mass is 426 g/mol. The zero-order chi connectivity index (χ0) is 23.3. The van der Waals surface area contributed by atoms with E-state index in [0.29, 0.717) is 13.0 Å². The maximum atomic E-state index is 13.1. The summed E-state index contributed by atoms with van der Waals surface area (Å²) >= 11 is 0. The van der Waals surface area contributed by atoms with Gasteiger partial charge in [-0.2, -0.15) is 5.26 Å². The third-order valence-corrected chi connectivity index (χ3v) is 5.30. The second kappa shape index (κ2) is 9.98. The van der Waals surface area contributed by atoms with Crippen LogP contribution in [0.4, 0.5) is 11.5 Å². The number of carbonyl (C=O) groups excluding carboxylic acids is 1. The number of hydrogen-bond donors (Lipinski definition) is 2. The van der Waals surface area contributed by atoms with Crippen molar-refractivity contribution in [2.75, 3.05) is 17.7 Å². The number of likely N-dealkylation sites (N-methyl/N-ethyl adjacent to an activating group) is 1. The fourth-order valence-corrected chi connectivity index (χ4v) is 3.56. The molecule has 0 aromatic carbocycles. The van der Waals surface area contributed by atoms with Crippen molar-refractivity contribution in [3.8, 4) is 6.07 Å². The van der Waals surface area contributed by atoms with Crippen molar-refractivity contribution in [2.24, 2.45) is 0 Å². The molecule has 0 radical (unpaired) electrons. The Labute approximate surface area is 181 Å². The lowest BCUT2D eigenvalue weighted by molar-refractivity contribution is -0.114. The van der Waals surface area contributed by atoms with Gasteiger partial charge in [0.25, 0.3) is 11.5 Å². The number of nitrogens with one attached hydrogen (secondary N) is 1. The van der Waals surface area contributed by atoms with Crippen LogP contribution in [-0.2, 0) is 17.9 Å². The van der Waals surface area contributed by atoms with Crippen LogP contribution < -0.4 is 21.9 Å². The number of carbonyl (C=O) groups is 1. The van der Waals surface area contributed by atoms with Crippen LogP contribution in [0.25, 0.3) is 6.08 Å². The molecule has 2 rings (SSSR count). The summed E-state index contributed by atoms with van der Waals surface area (Å²) in [6.07, 6.45) is 3.99. The average Bonchev–Trinajstić information content (AvgIpc) is 2.98. The van der Waals surface area contributed by atoms with Crippen LogP contribution in [0, 0.1) is 25.2 Å². The molecule has 2 aromatic rings. The van der Waals surface area contributed by atoms with E-state index in [1.165, 1.54) is 17.7 Å². The smallest absolute Gasteiger partial charge is 0.330 e. The molecule has 0 atom stereocenters. The fraction of sp³-hybridized carbons (Fsp3) is 0.455. The number of aromatic nitrogens is 3. The molecule has 0 aliphatic heterocycles. The van der Waals surface area contributed by atoms with Crippen molar-refractivity contribution < 1.29 is 4.79 Å². The van der Waals surface area contributed by atoms with Gasteiger partial charge >= 0.3 is 5.69 Å². The number of hydrogen-bond acceptors (Lipinski definition) is 5. The first-order valence-corrected chi connectivity index (χ1v) is 10.4. The van der Waals surface area contributed by atoms with Gasteiger partial charge in [-0.05, 0) is 44.4 Å². The van der Waals surface area contributed by atoms with Crippen molar-refractivity contribution in [3.63, 3.8) is 0 Å². The number of rotatable bonds is 8. The molecule has 2 aromatic heterocycles. The summed E-state index contributed by atoms with van der Waals surface area (Å²) in [6, 6.07) is 3.85. The topological polar surface area (TPSA) is 130 Å². The number of nitrogens with two attached hydrogens (primary N) is 1. The first kappa shape index (κ1) is 23.7. The first-order chi connectivity index (χ1) is 14.7. The number of nitrogen functional groups attached to an aromatic ring is 1. The Balaban J connectivity index is 2.50. The molecular weight excluding hydrogens is 396 g/mol. The Kier molecular flexibility index (Phi) is 7.64. The van der Waals surface area contributed by atoms with Gasteiger partial charge in [0.1, 0.15) is 17.5 Å². The minimum atomic E-state index is -0.774. The molecule has 0 aliphatic carbocycles. The quantitative estimate of drug-likeness (QED) is 0.494. The summed E-state index contributed by atoms with van der Waals surface area (Å²) in [5, 5.41) is 9.63. The van der Waals surface area contributed by atoms with Gasteiger partial charge in [-0.15, -0.1) is 0 Å². The zero-order valence-electron chi connectivity index (χ0n) is 18.8. The van der Waals surface area contributed by atoms with E-state index >= 15 is 0 Å². The Morgan fingerprint density at radius 1 is 1.23 bits per heavy atom. The molecule has 0 saturated heterocycles. The van der Waals surface area contributed by atoms with Gasteiger partial charge in [0.15, 0.2) is 5.69 Å². The molecule has 9 nitrogen and oxygen atoms in total. The van der Waals surface area contributed by atoms with Gasteiger partial charge in [0, 0.05) is 31.5 Å². The molecule has 1 amide bonds. The molecule has 2 heterocycles. The Hall–Kier alpha value is -3.54. The average molecular weight is 427 g/mol. The van der Waals surface area contributed by atoms with Crippen molar-refractivity contribution in [2.45, 2.75) is 60.0 Å². The summed E-state index contributed by atoms with van der Waals surface area (Å²) in [5.74, 6) is -0.780. The van der Waals surface area contributed by atoms with E-state index in [2.05, 4.69) is 16.5 Å². The van der Waals surface area contributed by atoms with E-state index in [9.17, 15) is 19.6 Å². The summed E-state index contributed by atoms with van der Waals surface area (Å²) in [7, 11) is 1.36. The second-order valence-electron chi connectivity index (χ2n) is 7.51. The van der Waals surface area contributed by atoms with Crippen molar-refractivity contribution >= 4 is 23.5 Å². The highest BCUT2D eigenvalue weighted by molar-refractivity contribution is 6.11. The number of unbranched alkanes of at least 4 members (excludes halogenated alkanes) is 1. The third-order valence-electron chi connectivity index (χ3n) is 5.30. The lowest BCUT2D eigenvalue weighted by Crippen LogP contribution is -2.39. The number of aromatic amines is 1. The number of H-pyrrole nitrogens is 1. The van der Waals surface area contributed by atoms with E-state index in [4.69, 9.17) is 5.73 Å². The first-order valence-electron chi connectivity index (χ1n) is 10.4. The summed E-state index contributed by atoms with van der Waals surface area (Å²) in [5.41, 5.74) is 7.14. The van der Waals surface area contributed by atoms with Gasteiger partial charge in [0.2, 0.25) is 0 Å². The van der Waals surface area contributed by atoms with Crippen molar-refractivity contribution in [1.82, 2.24) is 14.1 Å². The Morgan fingerprint density at radius 3 is 2.48 bits per heavy atom. The van der Waals surface area contributed by atoms with Crippen LogP contribution in [0.2, 0.25) is 0 Å². The minimum absolute atomic E-state index is 0.100. The number of aryl methyl sites for hydroxylation is 1. The lowest BCUT2D eigenvalue weighted by atomic mass is 10.1. The van der Waals surface area contributed by atoms with E-state index < -0.39 is 17.2 Å². The van der Waals surface area contributed by atoms with Gasteiger partial charge in [-0.25, -0.2) is 4.79 Å². The molecule has 31 heavy (non-hydrogen) atoms. The highest BCUT2D eigenvalue weighted by Crippen LogP contribution is 2.21. The molecule has 9 heteroatoms. The summed E-state index contributed by atoms with van der Waals surface area (Å²) in [4.78, 5) is 40.8. The van der Waals surface area contributed by atoms with Gasteiger partial charge in [-0.1, -0.05) is 20.3 Å². The molecule has 0 fully saturated rings. The van der Waals surface area contributed by atoms with Crippen LogP contribution in [0.1, 0.15) is 50.1 Å². The number of nitriles is 1. The predicted molar refractivity (Wildman–Crippen MR) is 122 cm³/mol. The van der Waals surface area contributed by atoms with Gasteiger partial charge < -0.3 is 15.2 Å². The number of anilines is 2. The molecular formula is C22H30N6O3. The van der Waals surface area contributed by atoms with Gasteiger partial charge in [0.05, 0.1) is 0 Å². The molecule has 166 valence electrons. The Morgan fingerprint density at radius 2 is 1.90 bits per heavy atom. The van der Waals surface area contributed by atoms with Crippen LogP contribution >= 0.6 is 0 Å². The minimum Gasteiger partial charge on any atom is -0.383 e. The lowest BCUT2D eigenvalue weighted by Gasteiger charge is -2.20. The van der Waals surface area contributed by atoms with Crippen molar-refractivity contribution in [3.05, 3.63) is 49.4 Å². The normalized spacial score (nSPS) is 11.4. The molecule has 3 N–H and O–H groups in total. The standard InChI is InChI=1S/C22H30N6O3/c1-6-8-10-28-19(24)18(20(29)25-22(28)31)26(5)21(30)17(13-23)12-16-11-14(3)27(9-7-2)15(16)4/h11-12H,6-10,24H2,1-5H3,(H,25,29,31)/b17-12+. The van der Waals surface area contributed by atoms with E-state index in [-0.39, 0.29) is 17.1 Å². The Bertz CT molecular complexity index is 1160. The molecule has 0 unspecified atom stereocenters. The predicted octanol–water partition coefficient (Wildman–Crippen LogP) is 2.32. The highest BCUT2D eigenvalue weighted by atomic mass is 16.2. The van der Waals surface area contributed by atoms with E-state index in [0.717, 1.165) is 41.2 Å².